The van der Waals surface area contributed by atoms with Gasteiger partial charge in [0.05, 0.1) is 4.88 Å². The molecule has 1 unspecified atom stereocenters. The minimum atomic E-state index is -0.160. The Hall–Kier alpha value is -1.47. The molecular formula is C17H12Cl2N2O2S2. The van der Waals surface area contributed by atoms with E-state index in [4.69, 9.17) is 27.7 Å². The van der Waals surface area contributed by atoms with Crippen molar-refractivity contribution >= 4 is 52.2 Å². The Morgan fingerprint density at radius 1 is 1.28 bits per heavy atom. The Labute approximate surface area is 162 Å². The van der Waals surface area contributed by atoms with Crippen LogP contribution in [0.3, 0.4) is 0 Å². The normalized spacial score (nSPS) is 17.2. The Morgan fingerprint density at radius 3 is 2.92 bits per heavy atom. The number of halogens is 2. The van der Waals surface area contributed by atoms with Gasteiger partial charge >= 0.3 is 0 Å². The third-order valence-corrected chi connectivity index (χ3v) is 6.56. The maximum Gasteiger partial charge on any atom is 0.277 e. The minimum Gasteiger partial charge on any atom is -0.355 e. The highest BCUT2D eigenvalue weighted by molar-refractivity contribution is 7.99. The maximum atomic E-state index is 12.9. The van der Waals surface area contributed by atoms with E-state index in [1.807, 2.05) is 23.6 Å². The van der Waals surface area contributed by atoms with Gasteiger partial charge in [0.1, 0.15) is 5.37 Å². The van der Waals surface area contributed by atoms with Crippen LogP contribution in [0.1, 0.15) is 21.4 Å². The number of thioether (sulfide) groups is 1. The van der Waals surface area contributed by atoms with Gasteiger partial charge in [0.15, 0.2) is 11.5 Å². The van der Waals surface area contributed by atoms with Gasteiger partial charge in [-0.25, -0.2) is 0 Å². The Bertz CT molecular complexity index is 911. The number of rotatable bonds is 3. The summed E-state index contributed by atoms with van der Waals surface area (Å²) < 4.78 is 5.33. The Balaban J connectivity index is 1.61. The van der Waals surface area contributed by atoms with E-state index in [-0.39, 0.29) is 11.3 Å². The van der Waals surface area contributed by atoms with Gasteiger partial charge in [-0.05, 0) is 23.6 Å². The predicted molar refractivity (Wildman–Crippen MR) is 103 cm³/mol. The quantitative estimate of drug-likeness (QED) is 0.563. The molecule has 3 heterocycles. The third-order valence-electron chi connectivity index (χ3n) is 3.87. The average Bonchev–Trinajstić information content (AvgIpc) is 3.34. The summed E-state index contributed by atoms with van der Waals surface area (Å²) in [4.78, 5) is 15.6. The van der Waals surface area contributed by atoms with Crippen LogP contribution >= 0.6 is 46.3 Å². The average molecular weight is 411 g/mol. The van der Waals surface area contributed by atoms with E-state index in [0.29, 0.717) is 28.0 Å². The van der Waals surface area contributed by atoms with Gasteiger partial charge in [-0.1, -0.05) is 40.5 Å². The van der Waals surface area contributed by atoms with Crippen LogP contribution in [0.5, 0.6) is 0 Å². The van der Waals surface area contributed by atoms with Crippen molar-refractivity contribution < 1.29 is 9.32 Å². The Morgan fingerprint density at radius 2 is 2.16 bits per heavy atom. The molecule has 2 aromatic heterocycles. The van der Waals surface area contributed by atoms with Crippen molar-refractivity contribution in [2.24, 2.45) is 0 Å². The molecule has 3 aromatic rings. The number of nitrogens with zero attached hydrogens (tertiary/aromatic N) is 2. The fourth-order valence-corrected chi connectivity index (χ4v) is 5.24. The maximum absolute atomic E-state index is 12.9. The Kier molecular flexibility index (Phi) is 4.78. The highest BCUT2D eigenvalue weighted by Crippen LogP contribution is 2.42. The van der Waals surface area contributed by atoms with E-state index in [1.165, 1.54) is 0 Å². The molecule has 1 saturated heterocycles. The zero-order valence-corrected chi connectivity index (χ0v) is 16.0. The number of aromatic nitrogens is 1. The summed E-state index contributed by atoms with van der Waals surface area (Å²) in [5.41, 5.74) is 1.19. The number of hydrogen-bond acceptors (Lipinski definition) is 5. The molecule has 8 heteroatoms. The zero-order valence-electron chi connectivity index (χ0n) is 12.8. The monoisotopic (exact) mass is 410 g/mol. The van der Waals surface area contributed by atoms with Crippen molar-refractivity contribution in [3.05, 3.63) is 63.1 Å². The summed E-state index contributed by atoms with van der Waals surface area (Å²) in [7, 11) is 0. The molecule has 0 spiro atoms. The van der Waals surface area contributed by atoms with E-state index >= 15 is 0 Å². The highest BCUT2D eigenvalue weighted by Gasteiger charge is 2.34. The second-order valence-corrected chi connectivity index (χ2v) is 8.42. The fraction of sp³-hybridized carbons (Fsp3) is 0.176. The molecule has 1 aliphatic heterocycles. The fourth-order valence-electron chi connectivity index (χ4n) is 2.70. The summed E-state index contributed by atoms with van der Waals surface area (Å²) in [6.07, 6.45) is 0. The van der Waals surface area contributed by atoms with Gasteiger partial charge < -0.3 is 9.42 Å². The van der Waals surface area contributed by atoms with Crippen LogP contribution in [0.4, 0.5) is 0 Å². The molecule has 1 atom stereocenters. The molecule has 1 amide bonds. The summed E-state index contributed by atoms with van der Waals surface area (Å²) in [5.74, 6) is 1.28. The minimum absolute atomic E-state index is 0.154. The molecule has 128 valence electrons. The summed E-state index contributed by atoms with van der Waals surface area (Å²) in [6.45, 7) is 0.633. The first-order valence-corrected chi connectivity index (χ1v) is 10.2. The molecule has 25 heavy (non-hydrogen) atoms. The molecule has 0 saturated carbocycles. The smallest absolute Gasteiger partial charge is 0.277 e. The van der Waals surface area contributed by atoms with Gasteiger partial charge in [-0.15, -0.1) is 23.1 Å². The number of thiophene rings is 1. The SMILES string of the molecule is O=C(c1cc(-c2cccs2)on1)N1CCSC1c1ccc(Cl)cc1Cl. The van der Waals surface area contributed by atoms with E-state index in [9.17, 15) is 4.79 Å². The topological polar surface area (TPSA) is 46.3 Å². The van der Waals surface area contributed by atoms with Crippen molar-refractivity contribution in [1.29, 1.82) is 0 Å². The molecule has 1 fully saturated rings. The molecule has 0 N–H and O–H groups in total. The molecule has 0 aliphatic carbocycles. The first-order valence-electron chi connectivity index (χ1n) is 7.51. The van der Waals surface area contributed by atoms with E-state index < -0.39 is 0 Å². The number of carbonyl (C=O) groups is 1. The van der Waals surface area contributed by atoms with Crippen molar-refractivity contribution in [3.8, 4) is 10.6 Å². The van der Waals surface area contributed by atoms with Gasteiger partial charge in [0.2, 0.25) is 0 Å². The lowest BCUT2D eigenvalue weighted by atomic mass is 10.2. The van der Waals surface area contributed by atoms with Crippen molar-refractivity contribution in [2.45, 2.75) is 5.37 Å². The lowest BCUT2D eigenvalue weighted by Gasteiger charge is -2.24. The third kappa shape index (κ3) is 3.31. The number of amides is 1. The van der Waals surface area contributed by atoms with Gasteiger partial charge in [0.25, 0.3) is 5.91 Å². The summed E-state index contributed by atoms with van der Waals surface area (Å²) in [6, 6.07) is 10.9. The van der Waals surface area contributed by atoms with Crippen molar-refractivity contribution in [3.63, 3.8) is 0 Å². The molecule has 1 aliphatic rings. The molecule has 4 nitrogen and oxygen atoms in total. The highest BCUT2D eigenvalue weighted by atomic mass is 35.5. The van der Waals surface area contributed by atoms with Gasteiger partial charge in [0, 0.05) is 34.0 Å². The summed E-state index contributed by atoms with van der Waals surface area (Å²) >= 11 is 15.5. The number of hydrogen-bond donors (Lipinski definition) is 0. The number of benzene rings is 1. The predicted octanol–water partition coefficient (Wildman–Crippen LogP) is 5.60. The largest absolute Gasteiger partial charge is 0.355 e. The van der Waals surface area contributed by atoms with Crippen LogP contribution in [0.15, 0.2) is 46.3 Å². The first kappa shape index (κ1) is 17.0. The van der Waals surface area contributed by atoms with Gasteiger partial charge in [-0.2, -0.15) is 0 Å². The van der Waals surface area contributed by atoms with Crippen LogP contribution < -0.4 is 0 Å². The van der Waals surface area contributed by atoms with Crippen molar-refractivity contribution in [2.75, 3.05) is 12.3 Å². The first-order chi connectivity index (χ1) is 12.1. The van der Waals surface area contributed by atoms with Crippen LogP contribution in [-0.2, 0) is 0 Å². The van der Waals surface area contributed by atoms with Crippen LogP contribution in [0.25, 0.3) is 10.6 Å². The molecule has 0 radical (unpaired) electrons. The van der Waals surface area contributed by atoms with Crippen LogP contribution in [0.2, 0.25) is 10.0 Å². The molecule has 1 aromatic carbocycles. The number of carbonyl (C=O) groups excluding carboxylic acids is 1. The van der Waals surface area contributed by atoms with Crippen LogP contribution in [-0.4, -0.2) is 28.3 Å². The molecule has 0 bridgehead atoms. The van der Waals surface area contributed by atoms with Crippen molar-refractivity contribution in [1.82, 2.24) is 10.1 Å². The second kappa shape index (κ2) is 7.03. The molecule has 4 rings (SSSR count). The van der Waals surface area contributed by atoms with E-state index in [0.717, 1.165) is 16.2 Å². The van der Waals surface area contributed by atoms with E-state index in [1.54, 1.807) is 46.2 Å². The lowest BCUT2D eigenvalue weighted by Crippen LogP contribution is -2.30. The standard InChI is InChI=1S/C17H12Cl2N2O2S2/c18-10-3-4-11(12(19)8-10)17-21(5-7-25-17)16(22)13-9-14(23-20-13)15-2-1-6-24-15/h1-4,6,8-9,17H,5,7H2. The lowest BCUT2D eigenvalue weighted by molar-refractivity contribution is 0.0750. The summed E-state index contributed by atoms with van der Waals surface area (Å²) in [5, 5.41) is 6.89. The van der Waals surface area contributed by atoms with Gasteiger partial charge in [-0.3, -0.25) is 4.79 Å². The zero-order chi connectivity index (χ0) is 17.4. The second-order valence-electron chi connectivity index (χ2n) is 5.44. The van der Waals surface area contributed by atoms with E-state index in [2.05, 4.69) is 5.16 Å². The molecular weight excluding hydrogens is 399 g/mol. The van der Waals surface area contributed by atoms with Crippen LogP contribution in [0, 0.1) is 0 Å².